The Hall–Kier alpha value is -1.78. The summed E-state index contributed by atoms with van der Waals surface area (Å²) in [6.45, 7) is 6.01. The lowest BCUT2D eigenvalue weighted by atomic mass is 9.97. The van der Waals surface area contributed by atoms with Crippen LogP contribution in [-0.4, -0.2) is 17.0 Å². The quantitative estimate of drug-likeness (QED) is 0.822. The zero-order valence-corrected chi connectivity index (χ0v) is 10.2. The number of nitrogens with one attached hydrogen (secondary N) is 1. The predicted octanol–water partition coefficient (Wildman–Crippen LogP) is 1.89. The van der Waals surface area contributed by atoms with Gasteiger partial charge in [-0.2, -0.15) is 0 Å². The molecule has 0 spiro atoms. The van der Waals surface area contributed by atoms with Gasteiger partial charge in [-0.1, -0.05) is 20.8 Å². The summed E-state index contributed by atoms with van der Waals surface area (Å²) in [6.07, 6.45) is 0. The summed E-state index contributed by atoms with van der Waals surface area (Å²) in [7, 11) is 0. The standard InChI is InChI=1S/C12H17NO4/c1-7(2)8(3)11(14)13-6-9-4-5-10(17-9)12(15)16/h4-5,7-8H,6H2,1-3H3,(H,13,14)(H,15,16). The topological polar surface area (TPSA) is 79.5 Å². The molecule has 94 valence electrons. The third kappa shape index (κ3) is 3.62. The van der Waals surface area contributed by atoms with E-state index in [9.17, 15) is 9.59 Å². The first-order valence-corrected chi connectivity index (χ1v) is 5.51. The third-order valence-electron chi connectivity index (χ3n) is 2.72. The van der Waals surface area contributed by atoms with Crippen molar-refractivity contribution in [3.63, 3.8) is 0 Å². The van der Waals surface area contributed by atoms with Crippen molar-refractivity contribution >= 4 is 11.9 Å². The number of carbonyl (C=O) groups is 2. The highest BCUT2D eigenvalue weighted by Gasteiger charge is 2.17. The van der Waals surface area contributed by atoms with Gasteiger partial charge in [0.25, 0.3) is 0 Å². The van der Waals surface area contributed by atoms with Crippen LogP contribution in [-0.2, 0) is 11.3 Å². The molecule has 5 heteroatoms. The second-order valence-electron chi connectivity index (χ2n) is 4.32. The maximum absolute atomic E-state index is 11.6. The van der Waals surface area contributed by atoms with Crippen molar-refractivity contribution in [1.29, 1.82) is 0 Å². The molecule has 0 saturated heterocycles. The van der Waals surface area contributed by atoms with Crippen LogP contribution in [0.4, 0.5) is 0 Å². The number of hydrogen-bond donors (Lipinski definition) is 2. The summed E-state index contributed by atoms with van der Waals surface area (Å²) in [5, 5.41) is 11.4. The highest BCUT2D eigenvalue weighted by Crippen LogP contribution is 2.11. The molecule has 1 heterocycles. The van der Waals surface area contributed by atoms with Gasteiger partial charge in [0, 0.05) is 5.92 Å². The summed E-state index contributed by atoms with van der Waals surface area (Å²) in [5.74, 6) is -0.672. The Morgan fingerprint density at radius 1 is 1.35 bits per heavy atom. The number of aromatic carboxylic acids is 1. The van der Waals surface area contributed by atoms with E-state index in [1.165, 1.54) is 6.07 Å². The molecule has 1 amide bonds. The maximum atomic E-state index is 11.6. The Bertz CT molecular complexity index is 408. The Labute approximate surface area is 99.8 Å². The summed E-state index contributed by atoms with van der Waals surface area (Å²) >= 11 is 0. The molecule has 1 rings (SSSR count). The molecular formula is C12H17NO4. The molecule has 0 aliphatic heterocycles. The smallest absolute Gasteiger partial charge is 0.371 e. The predicted molar refractivity (Wildman–Crippen MR) is 61.5 cm³/mol. The van der Waals surface area contributed by atoms with E-state index in [1.54, 1.807) is 6.07 Å². The molecule has 0 saturated carbocycles. The average molecular weight is 239 g/mol. The molecule has 0 aromatic carbocycles. The molecule has 5 nitrogen and oxygen atoms in total. The van der Waals surface area contributed by atoms with Gasteiger partial charge in [0.05, 0.1) is 6.54 Å². The van der Waals surface area contributed by atoms with Crippen LogP contribution in [0.1, 0.15) is 37.1 Å². The lowest BCUT2D eigenvalue weighted by molar-refractivity contribution is -0.125. The van der Waals surface area contributed by atoms with Crippen molar-refractivity contribution in [2.45, 2.75) is 27.3 Å². The first-order valence-electron chi connectivity index (χ1n) is 5.51. The average Bonchev–Trinajstić information content (AvgIpc) is 2.73. The van der Waals surface area contributed by atoms with Gasteiger partial charge in [-0.05, 0) is 18.1 Å². The van der Waals surface area contributed by atoms with E-state index in [2.05, 4.69) is 5.32 Å². The largest absolute Gasteiger partial charge is 0.475 e. The number of furan rings is 1. The van der Waals surface area contributed by atoms with Crippen LogP contribution in [0.5, 0.6) is 0 Å². The Balaban J connectivity index is 2.50. The van der Waals surface area contributed by atoms with Crippen LogP contribution < -0.4 is 5.32 Å². The first-order chi connectivity index (χ1) is 7.91. The number of carboxylic acid groups (broad SMARTS) is 1. The van der Waals surface area contributed by atoms with Crippen molar-refractivity contribution in [3.05, 3.63) is 23.7 Å². The zero-order valence-electron chi connectivity index (χ0n) is 10.2. The minimum atomic E-state index is -1.11. The minimum Gasteiger partial charge on any atom is -0.475 e. The molecule has 0 radical (unpaired) electrons. The number of hydrogen-bond acceptors (Lipinski definition) is 3. The Kier molecular flexibility index (Phi) is 4.31. The van der Waals surface area contributed by atoms with E-state index in [0.717, 1.165) is 0 Å². The van der Waals surface area contributed by atoms with Gasteiger partial charge in [-0.25, -0.2) is 4.79 Å². The van der Waals surface area contributed by atoms with Crippen molar-refractivity contribution < 1.29 is 19.1 Å². The fourth-order valence-electron chi connectivity index (χ4n) is 1.23. The summed E-state index contributed by atoms with van der Waals surface area (Å²) in [6, 6.07) is 2.92. The Morgan fingerprint density at radius 3 is 2.47 bits per heavy atom. The van der Waals surface area contributed by atoms with E-state index >= 15 is 0 Å². The van der Waals surface area contributed by atoms with E-state index in [4.69, 9.17) is 9.52 Å². The van der Waals surface area contributed by atoms with E-state index in [1.807, 2.05) is 20.8 Å². The second kappa shape index (κ2) is 5.52. The monoisotopic (exact) mass is 239 g/mol. The fraction of sp³-hybridized carbons (Fsp3) is 0.500. The lowest BCUT2D eigenvalue weighted by Crippen LogP contribution is -2.31. The molecule has 17 heavy (non-hydrogen) atoms. The fourth-order valence-corrected chi connectivity index (χ4v) is 1.23. The molecule has 0 fully saturated rings. The summed E-state index contributed by atoms with van der Waals surface area (Å²) in [5.41, 5.74) is 0. The summed E-state index contributed by atoms with van der Waals surface area (Å²) in [4.78, 5) is 22.2. The zero-order chi connectivity index (χ0) is 13.0. The van der Waals surface area contributed by atoms with Crippen molar-refractivity contribution in [1.82, 2.24) is 5.32 Å². The van der Waals surface area contributed by atoms with Crippen molar-refractivity contribution in [3.8, 4) is 0 Å². The molecule has 1 aromatic rings. The minimum absolute atomic E-state index is 0.0618. The van der Waals surface area contributed by atoms with Crippen LogP contribution in [0.25, 0.3) is 0 Å². The van der Waals surface area contributed by atoms with E-state index in [-0.39, 0.29) is 30.0 Å². The van der Waals surface area contributed by atoms with Crippen molar-refractivity contribution in [2.75, 3.05) is 0 Å². The van der Waals surface area contributed by atoms with Crippen LogP contribution in [0.3, 0.4) is 0 Å². The molecule has 0 aliphatic carbocycles. The number of carbonyl (C=O) groups excluding carboxylic acids is 1. The molecular weight excluding hydrogens is 222 g/mol. The van der Waals surface area contributed by atoms with Gasteiger partial charge in [-0.3, -0.25) is 4.79 Å². The van der Waals surface area contributed by atoms with Crippen LogP contribution in [0.15, 0.2) is 16.5 Å². The number of rotatable bonds is 5. The highest BCUT2D eigenvalue weighted by molar-refractivity contribution is 5.84. The maximum Gasteiger partial charge on any atom is 0.371 e. The third-order valence-corrected chi connectivity index (χ3v) is 2.72. The van der Waals surface area contributed by atoms with E-state index < -0.39 is 5.97 Å². The molecule has 0 bridgehead atoms. The molecule has 2 N–H and O–H groups in total. The molecule has 1 aromatic heterocycles. The number of carboxylic acids is 1. The van der Waals surface area contributed by atoms with Crippen LogP contribution >= 0.6 is 0 Å². The van der Waals surface area contributed by atoms with Gasteiger partial charge in [0.1, 0.15) is 5.76 Å². The first kappa shape index (κ1) is 13.3. The van der Waals surface area contributed by atoms with Crippen molar-refractivity contribution in [2.24, 2.45) is 11.8 Å². The van der Waals surface area contributed by atoms with Gasteiger partial charge in [0.2, 0.25) is 11.7 Å². The van der Waals surface area contributed by atoms with Crippen LogP contribution in [0, 0.1) is 11.8 Å². The van der Waals surface area contributed by atoms with Gasteiger partial charge >= 0.3 is 5.97 Å². The number of amides is 1. The molecule has 0 aliphatic rings. The summed E-state index contributed by atoms with van der Waals surface area (Å²) < 4.78 is 5.02. The highest BCUT2D eigenvalue weighted by atomic mass is 16.4. The molecule has 1 unspecified atom stereocenters. The van der Waals surface area contributed by atoms with Gasteiger partial charge < -0.3 is 14.8 Å². The molecule has 1 atom stereocenters. The van der Waals surface area contributed by atoms with E-state index in [0.29, 0.717) is 5.76 Å². The van der Waals surface area contributed by atoms with Crippen LogP contribution in [0.2, 0.25) is 0 Å². The second-order valence-corrected chi connectivity index (χ2v) is 4.32. The SMILES string of the molecule is CC(C)C(C)C(=O)NCc1ccc(C(=O)O)o1. The van der Waals surface area contributed by atoms with Gasteiger partial charge in [-0.15, -0.1) is 0 Å². The normalized spacial score (nSPS) is 12.5. The Morgan fingerprint density at radius 2 is 2.00 bits per heavy atom. The van der Waals surface area contributed by atoms with Gasteiger partial charge in [0.15, 0.2) is 0 Å². The lowest BCUT2D eigenvalue weighted by Gasteiger charge is -2.14.